The highest BCUT2D eigenvalue weighted by Gasteiger charge is 2.14. The maximum Gasteiger partial charge on any atom is 0.387 e. The molecule has 0 atom stereocenters. The summed E-state index contributed by atoms with van der Waals surface area (Å²) in [6.45, 7) is -1.54. The SMILES string of the molecule is COc1cccc(CNCCCSC)c1OC(F)F. The topological polar surface area (TPSA) is 30.5 Å². The molecule has 0 aromatic heterocycles. The molecule has 1 N–H and O–H groups in total. The number of thioether (sulfide) groups is 1. The molecule has 1 aromatic rings. The van der Waals surface area contributed by atoms with Crippen molar-refractivity contribution in [3.63, 3.8) is 0 Å². The van der Waals surface area contributed by atoms with Crippen molar-refractivity contribution >= 4 is 11.8 Å². The third-order valence-electron chi connectivity index (χ3n) is 2.50. The standard InChI is InChI=1S/C13H19F2NO2S/c1-17-11-6-3-5-10(12(11)18-13(14)15)9-16-7-4-8-19-2/h3,5-6,13,16H,4,7-9H2,1-2H3. The lowest BCUT2D eigenvalue weighted by Crippen LogP contribution is -2.17. The van der Waals surface area contributed by atoms with E-state index in [1.807, 2.05) is 0 Å². The van der Waals surface area contributed by atoms with E-state index in [1.165, 1.54) is 7.11 Å². The number of benzene rings is 1. The van der Waals surface area contributed by atoms with Crippen molar-refractivity contribution in [3.05, 3.63) is 23.8 Å². The number of halogens is 2. The minimum Gasteiger partial charge on any atom is -0.493 e. The van der Waals surface area contributed by atoms with Crippen LogP contribution in [-0.2, 0) is 6.54 Å². The zero-order valence-corrected chi connectivity index (χ0v) is 11.9. The van der Waals surface area contributed by atoms with Crippen LogP contribution in [-0.4, -0.2) is 32.3 Å². The molecule has 0 aliphatic heterocycles. The van der Waals surface area contributed by atoms with Gasteiger partial charge in [0.2, 0.25) is 0 Å². The predicted octanol–water partition coefficient (Wildman–Crippen LogP) is 3.14. The molecule has 0 fully saturated rings. The number of hydrogen-bond donors (Lipinski definition) is 1. The first-order valence-corrected chi connectivity index (χ1v) is 7.38. The van der Waals surface area contributed by atoms with Gasteiger partial charge in [0.15, 0.2) is 11.5 Å². The van der Waals surface area contributed by atoms with Crippen molar-refractivity contribution in [2.75, 3.05) is 25.7 Å². The van der Waals surface area contributed by atoms with Gasteiger partial charge >= 0.3 is 6.61 Å². The molecule has 0 aliphatic carbocycles. The lowest BCUT2D eigenvalue weighted by Gasteiger charge is -2.14. The predicted molar refractivity (Wildman–Crippen MR) is 74.3 cm³/mol. The fourth-order valence-electron chi connectivity index (χ4n) is 1.65. The van der Waals surface area contributed by atoms with Crippen LogP contribution >= 0.6 is 11.8 Å². The van der Waals surface area contributed by atoms with Gasteiger partial charge in [-0.2, -0.15) is 20.5 Å². The van der Waals surface area contributed by atoms with Crippen LogP contribution in [0.25, 0.3) is 0 Å². The molecule has 108 valence electrons. The van der Waals surface area contributed by atoms with E-state index in [0.29, 0.717) is 17.9 Å². The van der Waals surface area contributed by atoms with Crippen LogP contribution in [0.3, 0.4) is 0 Å². The molecule has 0 saturated heterocycles. The van der Waals surface area contributed by atoms with Crippen LogP contribution in [0.15, 0.2) is 18.2 Å². The summed E-state index contributed by atoms with van der Waals surface area (Å²) in [5.41, 5.74) is 0.670. The van der Waals surface area contributed by atoms with Gasteiger partial charge < -0.3 is 14.8 Å². The summed E-state index contributed by atoms with van der Waals surface area (Å²) in [5, 5.41) is 3.21. The quantitative estimate of drug-likeness (QED) is 0.708. The van der Waals surface area contributed by atoms with Crippen LogP contribution in [0.1, 0.15) is 12.0 Å². The molecule has 0 bridgehead atoms. The normalized spacial score (nSPS) is 10.8. The van der Waals surface area contributed by atoms with Crippen molar-refractivity contribution in [2.24, 2.45) is 0 Å². The number of rotatable bonds is 9. The second-order valence-electron chi connectivity index (χ2n) is 3.85. The van der Waals surface area contributed by atoms with E-state index >= 15 is 0 Å². The summed E-state index contributed by atoms with van der Waals surface area (Å²) in [6, 6.07) is 5.12. The molecule has 0 saturated carbocycles. The average Bonchev–Trinajstić information content (AvgIpc) is 2.39. The zero-order chi connectivity index (χ0) is 14.1. The van der Waals surface area contributed by atoms with Gasteiger partial charge in [0.1, 0.15) is 0 Å². The Labute approximate surface area is 116 Å². The Bertz CT molecular complexity index is 378. The van der Waals surface area contributed by atoms with Gasteiger partial charge in [0.05, 0.1) is 7.11 Å². The van der Waals surface area contributed by atoms with Crippen LogP contribution in [0, 0.1) is 0 Å². The summed E-state index contributed by atoms with van der Waals surface area (Å²) in [7, 11) is 1.43. The van der Waals surface area contributed by atoms with Crippen molar-refractivity contribution in [1.29, 1.82) is 0 Å². The Morgan fingerprint density at radius 1 is 1.37 bits per heavy atom. The molecular weight excluding hydrogens is 272 g/mol. The van der Waals surface area contributed by atoms with E-state index in [4.69, 9.17) is 4.74 Å². The largest absolute Gasteiger partial charge is 0.493 e. The Morgan fingerprint density at radius 2 is 2.16 bits per heavy atom. The molecule has 1 rings (SSSR count). The summed E-state index contributed by atoms with van der Waals surface area (Å²) < 4.78 is 34.4. The first kappa shape index (κ1) is 16.0. The summed E-state index contributed by atoms with van der Waals surface area (Å²) in [5.74, 6) is 1.51. The Balaban J connectivity index is 2.64. The highest BCUT2D eigenvalue weighted by Crippen LogP contribution is 2.32. The number of alkyl halides is 2. The van der Waals surface area contributed by atoms with E-state index in [-0.39, 0.29) is 5.75 Å². The van der Waals surface area contributed by atoms with Crippen molar-refractivity contribution in [3.8, 4) is 11.5 Å². The lowest BCUT2D eigenvalue weighted by molar-refractivity contribution is -0.0518. The second kappa shape index (κ2) is 8.98. The Hall–Kier alpha value is -1.01. The molecule has 0 radical (unpaired) electrons. The summed E-state index contributed by atoms with van der Waals surface area (Å²) >= 11 is 1.78. The highest BCUT2D eigenvalue weighted by atomic mass is 32.2. The number of methoxy groups -OCH3 is 1. The van der Waals surface area contributed by atoms with E-state index in [1.54, 1.807) is 30.0 Å². The van der Waals surface area contributed by atoms with Gasteiger partial charge in [-0.1, -0.05) is 12.1 Å². The maximum absolute atomic E-state index is 12.4. The molecule has 19 heavy (non-hydrogen) atoms. The van der Waals surface area contributed by atoms with Gasteiger partial charge in [-0.3, -0.25) is 0 Å². The van der Waals surface area contributed by atoms with Crippen molar-refractivity contribution in [2.45, 2.75) is 19.6 Å². The van der Waals surface area contributed by atoms with Gasteiger partial charge in [0.25, 0.3) is 0 Å². The summed E-state index contributed by atoms with van der Waals surface area (Å²) in [4.78, 5) is 0. The third kappa shape index (κ3) is 5.65. The molecule has 0 aliphatic rings. The molecule has 0 spiro atoms. The Kier molecular flexibility index (Phi) is 7.59. The van der Waals surface area contributed by atoms with Gasteiger partial charge in [-0.15, -0.1) is 0 Å². The van der Waals surface area contributed by atoms with E-state index in [9.17, 15) is 8.78 Å². The van der Waals surface area contributed by atoms with E-state index in [0.717, 1.165) is 18.7 Å². The van der Waals surface area contributed by atoms with Crippen LogP contribution < -0.4 is 14.8 Å². The first-order valence-electron chi connectivity index (χ1n) is 5.99. The van der Waals surface area contributed by atoms with Gasteiger partial charge in [-0.25, -0.2) is 0 Å². The van der Waals surface area contributed by atoms with E-state index < -0.39 is 6.61 Å². The minimum absolute atomic E-state index is 0.109. The maximum atomic E-state index is 12.4. The fraction of sp³-hybridized carbons (Fsp3) is 0.538. The fourth-order valence-corrected chi connectivity index (χ4v) is 2.08. The Morgan fingerprint density at radius 3 is 2.79 bits per heavy atom. The van der Waals surface area contributed by atoms with Gasteiger partial charge in [0, 0.05) is 12.1 Å². The van der Waals surface area contributed by atoms with Crippen molar-refractivity contribution < 1.29 is 18.3 Å². The van der Waals surface area contributed by atoms with E-state index in [2.05, 4.69) is 16.3 Å². The first-order chi connectivity index (χ1) is 9.19. The second-order valence-corrected chi connectivity index (χ2v) is 4.84. The molecule has 3 nitrogen and oxygen atoms in total. The van der Waals surface area contributed by atoms with Crippen LogP contribution in [0.4, 0.5) is 8.78 Å². The number of nitrogens with one attached hydrogen (secondary N) is 1. The molecule has 0 heterocycles. The molecular formula is C13H19F2NO2S. The lowest BCUT2D eigenvalue weighted by atomic mass is 10.2. The summed E-state index contributed by atoms with van der Waals surface area (Å²) in [6.07, 6.45) is 3.09. The number of ether oxygens (including phenoxy) is 2. The van der Waals surface area contributed by atoms with Gasteiger partial charge in [-0.05, 0) is 31.0 Å². The molecule has 1 aromatic carbocycles. The molecule has 0 amide bonds. The highest BCUT2D eigenvalue weighted by molar-refractivity contribution is 7.98. The van der Waals surface area contributed by atoms with Crippen LogP contribution in [0.5, 0.6) is 11.5 Å². The number of para-hydroxylation sites is 1. The number of hydrogen-bond acceptors (Lipinski definition) is 4. The smallest absolute Gasteiger partial charge is 0.387 e. The third-order valence-corrected chi connectivity index (χ3v) is 3.20. The molecule has 0 unspecified atom stereocenters. The average molecular weight is 291 g/mol. The molecule has 6 heteroatoms. The zero-order valence-electron chi connectivity index (χ0n) is 11.1. The van der Waals surface area contributed by atoms with Crippen LogP contribution in [0.2, 0.25) is 0 Å². The monoisotopic (exact) mass is 291 g/mol. The minimum atomic E-state index is -2.86. The van der Waals surface area contributed by atoms with Crippen molar-refractivity contribution in [1.82, 2.24) is 5.32 Å².